The molecule has 3 amide bonds. The van der Waals surface area contributed by atoms with Crippen LogP contribution in [0, 0.1) is 23.2 Å². The lowest BCUT2D eigenvalue weighted by molar-refractivity contribution is -0.142. The van der Waals surface area contributed by atoms with Crippen LogP contribution in [0.3, 0.4) is 0 Å². The molecule has 214 valence electrons. The molecule has 1 unspecified atom stereocenters. The summed E-state index contributed by atoms with van der Waals surface area (Å²) in [4.78, 5) is 45.9. The van der Waals surface area contributed by atoms with E-state index in [9.17, 15) is 14.4 Å². The summed E-state index contributed by atoms with van der Waals surface area (Å²) in [6.45, 7) is 0.756. The number of amides is 3. The number of carbonyl (C=O) groups excluding carboxylic acids is 3. The van der Waals surface area contributed by atoms with E-state index in [0.29, 0.717) is 30.5 Å². The summed E-state index contributed by atoms with van der Waals surface area (Å²) in [5.74, 6) is 0.335. The van der Waals surface area contributed by atoms with Crippen LogP contribution in [0.1, 0.15) is 88.3 Å². The highest BCUT2D eigenvalue weighted by Gasteiger charge is 2.45. The summed E-state index contributed by atoms with van der Waals surface area (Å²) >= 11 is 0. The van der Waals surface area contributed by atoms with Crippen molar-refractivity contribution < 1.29 is 19.1 Å². The van der Waals surface area contributed by atoms with E-state index >= 15 is 0 Å². The summed E-state index contributed by atoms with van der Waals surface area (Å²) < 4.78 is 4.98. The summed E-state index contributed by atoms with van der Waals surface area (Å²) in [7, 11) is 1.33. The van der Waals surface area contributed by atoms with Gasteiger partial charge in [-0.25, -0.2) is 4.79 Å². The molecule has 0 aromatic carbocycles. The molecular formula is C29H44N6O4. The van der Waals surface area contributed by atoms with Crippen LogP contribution in [0.4, 0.5) is 4.79 Å². The van der Waals surface area contributed by atoms with Crippen molar-refractivity contribution in [2.45, 2.75) is 95.7 Å². The van der Waals surface area contributed by atoms with Gasteiger partial charge in [0.15, 0.2) is 0 Å². The average Bonchev–Trinajstić information content (AvgIpc) is 3.47. The second-order valence-corrected chi connectivity index (χ2v) is 11.4. The minimum Gasteiger partial charge on any atom is -0.453 e. The lowest BCUT2D eigenvalue weighted by Gasteiger charge is -2.43. The highest BCUT2D eigenvalue weighted by atomic mass is 16.5. The van der Waals surface area contributed by atoms with Gasteiger partial charge in [-0.05, 0) is 42.2 Å². The van der Waals surface area contributed by atoms with Crippen LogP contribution in [0.25, 0.3) is 0 Å². The van der Waals surface area contributed by atoms with Gasteiger partial charge in [-0.3, -0.25) is 20.0 Å². The first-order valence-electron chi connectivity index (χ1n) is 14.6. The Morgan fingerprint density at radius 3 is 2.21 bits per heavy atom. The number of alkyl carbamates (subject to hydrolysis) is 1. The van der Waals surface area contributed by atoms with E-state index in [0.717, 1.165) is 63.4 Å². The Morgan fingerprint density at radius 1 is 1.03 bits per heavy atom. The molecule has 2 aliphatic carbocycles. The van der Waals surface area contributed by atoms with Crippen LogP contribution in [-0.4, -0.2) is 59.4 Å². The van der Waals surface area contributed by atoms with Gasteiger partial charge in [-0.2, -0.15) is 0 Å². The number of hydrogen-bond acceptors (Lipinski definition) is 6. The fourth-order valence-corrected chi connectivity index (χ4v) is 6.95. The van der Waals surface area contributed by atoms with Gasteiger partial charge < -0.3 is 26.0 Å². The molecule has 1 aromatic heterocycles. The maximum Gasteiger partial charge on any atom is 0.407 e. The molecule has 3 aliphatic rings. The molecule has 3 fully saturated rings. The first kappa shape index (κ1) is 28.8. The number of nitrogens with two attached hydrogens (primary N) is 1. The number of pyridine rings is 1. The number of likely N-dealkylation sites (tertiary alicyclic amines) is 1. The summed E-state index contributed by atoms with van der Waals surface area (Å²) in [6.07, 6.45) is 13.7. The van der Waals surface area contributed by atoms with E-state index in [2.05, 4.69) is 15.6 Å². The zero-order chi connectivity index (χ0) is 27.8. The zero-order valence-corrected chi connectivity index (χ0v) is 23.1. The van der Waals surface area contributed by atoms with E-state index in [4.69, 9.17) is 15.9 Å². The van der Waals surface area contributed by atoms with Crippen molar-refractivity contribution in [2.24, 2.45) is 23.5 Å². The van der Waals surface area contributed by atoms with Crippen molar-refractivity contribution in [1.29, 1.82) is 5.41 Å². The minimum atomic E-state index is -0.694. The van der Waals surface area contributed by atoms with E-state index in [-0.39, 0.29) is 30.1 Å². The second-order valence-electron chi connectivity index (χ2n) is 11.4. The van der Waals surface area contributed by atoms with Crippen molar-refractivity contribution in [2.75, 3.05) is 13.7 Å². The maximum atomic E-state index is 14.2. The molecule has 10 nitrogen and oxygen atoms in total. The molecule has 10 heteroatoms. The molecule has 2 atom stereocenters. The number of rotatable bonds is 9. The molecule has 1 aromatic rings. The monoisotopic (exact) mass is 540 g/mol. The normalized spacial score (nSPS) is 21.4. The largest absolute Gasteiger partial charge is 0.453 e. The average molecular weight is 541 g/mol. The Morgan fingerprint density at radius 2 is 1.67 bits per heavy atom. The molecule has 2 saturated carbocycles. The molecule has 0 radical (unpaired) electrons. The van der Waals surface area contributed by atoms with Gasteiger partial charge in [0, 0.05) is 19.3 Å². The third-order valence-corrected chi connectivity index (χ3v) is 8.90. The predicted octanol–water partition coefficient (Wildman–Crippen LogP) is 3.47. The van der Waals surface area contributed by atoms with E-state index in [1.165, 1.54) is 20.0 Å². The fourth-order valence-electron chi connectivity index (χ4n) is 6.95. The lowest BCUT2D eigenvalue weighted by atomic mass is 9.66. The Balaban J connectivity index is 1.51. The number of methoxy groups -OCH3 is 1. The molecule has 1 saturated heterocycles. The summed E-state index contributed by atoms with van der Waals surface area (Å²) in [6, 6.07) is 2.15. The van der Waals surface area contributed by atoms with E-state index in [1.807, 2.05) is 0 Å². The number of nitrogens with zero attached hydrogens (tertiary/aromatic N) is 2. The van der Waals surface area contributed by atoms with Gasteiger partial charge in [0.25, 0.3) is 0 Å². The van der Waals surface area contributed by atoms with Crippen LogP contribution in [0.2, 0.25) is 0 Å². The SMILES string of the molecule is COC(=O)NC(C(=O)N1CCC[C@H]1C(=O)NCc1ccc(C(=N)N)nc1)C(C1CCCCC1)C1CCCCC1. The molecule has 5 N–H and O–H groups in total. The number of hydrogen-bond donors (Lipinski definition) is 4. The van der Waals surface area contributed by atoms with Crippen molar-refractivity contribution in [3.05, 3.63) is 29.6 Å². The van der Waals surface area contributed by atoms with Crippen LogP contribution in [0.5, 0.6) is 0 Å². The smallest absolute Gasteiger partial charge is 0.407 e. The van der Waals surface area contributed by atoms with Crippen molar-refractivity contribution >= 4 is 23.7 Å². The number of ether oxygens (including phenoxy) is 1. The third kappa shape index (κ3) is 7.28. The quantitative estimate of drug-likeness (QED) is 0.278. The highest BCUT2D eigenvalue weighted by Crippen LogP contribution is 2.42. The van der Waals surface area contributed by atoms with Crippen molar-refractivity contribution in [1.82, 2.24) is 20.5 Å². The summed E-state index contributed by atoms with van der Waals surface area (Å²) in [5.41, 5.74) is 6.63. The number of aromatic nitrogens is 1. The van der Waals surface area contributed by atoms with Gasteiger partial charge in [0.1, 0.15) is 23.6 Å². The van der Waals surface area contributed by atoms with Crippen LogP contribution in [0.15, 0.2) is 18.3 Å². The van der Waals surface area contributed by atoms with Crippen LogP contribution < -0.4 is 16.4 Å². The van der Waals surface area contributed by atoms with Crippen LogP contribution in [-0.2, 0) is 20.9 Å². The molecule has 2 heterocycles. The number of carbonyl (C=O) groups is 3. The van der Waals surface area contributed by atoms with Gasteiger partial charge in [-0.15, -0.1) is 0 Å². The topological polar surface area (TPSA) is 150 Å². The number of nitrogens with one attached hydrogen (secondary N) is 3. The van der Waals surface area contributed by atoms with Crippen molar-refractivity contribution in [3.8, 4) is 0 Å². The molecule has 4 rings (SSSR count). The molecule has 1 aliphatic heterocycles. The maximum absolute atomic E-state index is 14.2. The predicted molar refractivity (Wildman–Crippen MR) is 148 cm³/mol. The van der Waals surface area contributed by atoms with Crippen LogP contribution >= 0.6 is 0 Å². The van der Waals surface area contributed by atoms with Gasteiger partial charge in [0.05, 0.1) is 7.11 Å². The molecule has 0 spiro atoms. The van der Waals surface area contributed by atoms with Gasteiger partial charge in [0.2, 0.25) is 11.8 Å². The standard InChI is InChI=1S/C29H44N6O4/c1-39-29(38)34-25(24(20-9-4-2-5-10-20)21-11-6-3-7-12-21)28(37)35-16-8-13-23(35)27(36)33-18-19-14-15-22(26(30)31)32-17-19/h14-15,17,20-21,23-25H,2-13,16,18H2,1H3,(H3,30,31)(H,33,36)(H,34,38)/t23-,25?/m0/s1. The summed E-state index contributed by atoms with van der Waals surface area (Å²) in [5, 5.41) is 13.4. The fraction of sp³-hybridized carbons (Fsp3) is 0.690. The lowest BCUT2D eigenvalue weighted by Crippen LogP contribution is -2.58. The Kier molecular flexibility index (Phi) is 10.2. The molecular weight excluding hydrogens is 496 g/mol. The van der Waals surface area contributed by atoms with Crippen molar-refractivity contribution in [3.63, 3.8) is 0 Å². The number of amidine groups is 1. The van der Waals surface area contributed by atoms with E-state index in [1.54, 1.807) is 23.2 Å². The molecule has 0 bridgehead atoms. The Labute approximate surface area is 231 Å². The first-order valence-corrected chi connectivity index (χ1v) is 14.6. The highest BCUT2D eigenvalue weighted by molar-refractivity contribution is 5.93. The number of nitrogen functional groups attached to an aromatic ring is 1. The zero-order valence-electron chi connectivity index (χ0n) is 23.1. The third-order valence-electron chi connectivity index (χ3n) is 8.90. The molecule has 39 heavy (non-hydrogen) atoms. The minimum absolute atomic E-state index is 0.0485. The van der Waals surface area contributed by atoms with E-state index < -0.39 is 18.2 Å². The first-order chi connectivity index (χ1) is 18.9. The van der Waals surface area contributed by atoms with Gasteiger partial charge in [-0.1, -0.05) is 70.3 Å². The Bertz CT molecular complexity index is 986. The second kappa shape index (κ2) is 13.8. The Hall–Kier alpha value is -3.17. The van der Waals surface area contributed by atoms with Gasteiger partial charge >= 0.3 is 6.09 Å².